The number of methoxy groups -OCH3 is 1. The molecule has 0 aliphatic carbocycles. The van der Waals surface area contributed by atoms with Crippen LogP contribution in [-0.2, 0) is 14.8 Å². The van der Waals surface area contributed by atoms with Gasteiger partial charge in [-0.25, -0.2) is 31.3 Å². The lowest BCUT2D eigenvalue weighted by Crippen LogP contribution is -2.41. The first kappa shape index (κ1) is 21.7. The number of fused-ring (bicyclic) bond motifs is 1. The van der Waals surface area contributed by atoms with E-state index in [4.69, 9.17) is 4.74 Å². The summed E-state index contributed by atoms with van der Waals surface area (Å²) in [5, 5.41) is 2.76. The highest BCUT2D eigenvalue weighted by molar-refractivity contribution is 7.90. The first-order valence-corrected chi connectivity index (χ1v) is 9.36. The van der Waals surface area contributed by atoms with Crippen molar-refractivity contribution in [2.45, 2.75) is 25.3 Å². The van der Waals surface area contributed by atoms with Crippen LogP contribution in [0.25, 0.3) is 11.1 Å². The van der Waals surface area contributed by atoms with Crippen LogP contribution >= 0.6 is 0 Å². The summed E-state index contributed by atoms with van der Waals surface area (Å²) < 4.78 is 73.8. The van der Waals surface area contributed by atoms with E-state index in [9.17, 15) is 21.6 Å². The fourth-order valence-electron chi connectivity index (χ4n) is 2.55. The van der Waals surface area contributed by atoms with Gasteiger partial charge in [0, 0.05) is 24.3 Å². The highest BCUT2D eigenvalue weighted by Crippen LogP contribution is 2.37. The number of sulfonamides is 1. The fourth-order valence-corrected chi connectivity index (χ4v) is 3.72. The molecule has 10 heteroatoms. The molecule has 2 aromatic rings. The third-order valence-electron chi connectivity index (χ3n) is 3.98. The smallest absolute Gasteiger partial charge is 0.266 e. The average Bonchev–Trinajstić information content (AvgIpc) is 2.62. The van der Waals surface area contributed by atoms with Crippen molar-refractivity contribution in [3.8, 4) is 11.1 Å². The van der Waals surface area contributed by atoms with Crippen molar-refractivity contribution in [2.75, 3.05) is 19.0 Å². The molecule has 1 atom stereocenters. The number of nitrogens with one attached hydrogen (secondary N) is 2. The topological polar surface area (TPSA) is 79.8 Å². The van der Waals surface area contributed by atoms with Gasteiger partial charge in [0.05, 0.1) is 18.3 Å². The second-order valence-electron chi connectivity index (χ2n) is 5.89. The van der Waals surface area contributed by atoms with Crippen LogP contribution in [0, 0.1) is 17.5 Å². The monoisotopic (exact) mass is 415 g/mol. The van der Waals surface area contributed by atoms with E-state index in [1.54, 1.807) is 6.92 Å². The van der Waals surface area contributed by atoms with Gasteiger partial charge in [-0.15, -0.1) is 0 Å². The molecule has 0 spiro atoms. The van der Waals surface area contributed by atoms with Crippen molar-refractivity contribution in [1.29, 1.82) is 0 Å². The molecule has 0 unspecified atom stereocenters. The zero-order valence-corrected chi connectivity index (χ0v) is 15.2. The minimum Gasteiger partial charge on any atom is -0.380 e. The predicted molar refractivity (Wildman–Crippen MR) is 101 cm³/mol. The maximum Gasteiger partial charge on any atom is 0.266 e. The Labute approximate surface area is 161 Å². The Kier molecular flexibility index (Phi) is 6.35. The molecule has 0 saturated heterocycles. The van der Waals surface area contributed by atoms with Gasteiger partial charge in [-0.1, -0.05) is 19.6 Å². The van der Waals surface area contributed by atoms with Crippen LogP contribution in [0.1, 0.15) is 14.4 Å². The number of nitrogens with zero attached hydrogens (tertiary/aromatic N) is 1. The lowest BCUT2D eigenvalue weighted by Gasteiger charge is -2.24. The Balaban J connectivity index is 0.00000280. The quantitative estimate of drug-likeness (QED) is 0.749. The molecular weight excluding hydrogens is 395 g/mol. The summed E-state index contributed by atoms with van der Waals surface area (Å²) in [5.74, 6) is -3.74. The molecule has 1 heterocycles. The molecule has 0 aromatic heterocycles. The Morgan fingerprint density at radius 2 is 1.89 bits per heavy atom. The average molecular weight is 415 g/mol. The van der Waals surface area contributed by atoms with E-state index in [1.165, 1.54) is 25.3 Å². The standard InChI is InChI=1S/C17H16F3N3O3S.CH4/c1-9(26-2)8-21-17-22-16-11(4-3-5-14(16)27(24,25)23-17)12-6-10(18)7-13(19)15(12)20;/h3-7,9H,8H2,1-2H3,(H2,21,22,23);1H4/t9-;/m0./s1. The zero-order valence-electron chi connectivity index (χ0n) is 14.4. The normalized spacial score (nSPS) is 17.1. The lowest BCUT2D eigenvalue weighted by atomic mass is 10.0. The van der Waals surface area contributed by atoms with E-state index in [2.05, 4.69) is 15.0 Å². The van der Waals surface area contributed by atoms with Gasteiger partial charge in [0.25, 0.3) is 10.0 Å². The highest BCUT2D eigenvalue weighted by Gasteiger charge is 2.30. The molecule has 28 heavy (non-hydrogen) atoms. The summed E-state index contributed by atoms with van der Waals surface area (Å²) in [6.07, 6.45) is -0.268. The van der Waals surface area contributed by atoms with Gasteiger partial charge < -0.3 is 10.1 Å². The van der Waals surface area contributed by atoms with Crippen molar-refractivity contribution in [3.05, 3.63) is 47.8 Å². The molecule has 2 aromatic carbocycles. The van der Waals surface area contributed by atoms with Crippen LogP contribution in [0.5, 0.6) is 0 Å². The van der Waals surface area contributed by atoms with Crippen LogP contribution in [-0.4, -0.2) is 34.1 Å². The van der Waals surface area contributed by atoms with Gasteiger partial charge in [0.2, 0.25) is 5.96 Å². The van der Waals surface area contributed by atoms with Crippen LogP contribution in [0.3, 0.4) is 0 Å². The number of hydrogen-bond donors (Lipinski definition) is 2. The van der Waals surface area contributed by atoms with Gasteiger partial charge >= 0.3 is 0 Å². The molecule has 6 nitrogen and oxygen atoms in total. The van der Waals surface area contributed by atoms with Gasteiger partial charge in [0.1, 0.15) is 10.7 Å². The van der Waals surface area contributed by atoms with Crippen molar-refractivity contribution < 1.29 is 26.3 Å². The Hall–Kier alpha value is -2.59. The number of halogens is 3. The highest BCUT2D eigenvalue weighted by atomic mass is 32.2. The van der Waals surface area contributed by atoms with E-state index in [1.807, 2.05) is 0 Å². The molecule has 0 saturated carbocycles. The Morgan fingerprint density at radius 1 is 1.18 bits per heavy atom. The number of anilines is 1. The zero-order chi connectivity index (χ0) is 19.8. The van der Waals surface area contributed by atoms with Crippen molar-refractivity contribution >= 4 is 21.7 Å². The minimum atomic E-state index is -4.00. The second kappa shape index (κ2) is 8.19. The summed E-state index contributed by atoms with van der Waals surface area (Å²) in [4.78, 5) is 3.90. The van der Waals surface area contributed by atoms with E-state index >= 15 is 0 Å². The van der Waals surface area contributed by atoms with E-state index in [0.29, 0.717) is 6.07 Å². The van der Waals surface area contributed by atoms with Crippen LogP contribution in [0.4, 0.5) is 18.9 Å². The maximum atomic E-state index is 14.2. The number of guanidine groups is 1. The molecule has 1 aliphatic rings. The largest absolute Gasteiger partial charge is 0.380 e. The Morgan fingerprint density at radius 3 is 2.57 bits per heavy atom. The number of hydrogen-bond acceptors (Lipinski definition) is 4. The van der Waals surface area contributed by atoms with Crippen LogP contribution in [0.15, 0.2) is 40.2 Å². The summed E-state index contributed by atoms with van der Waals surface area (Å²) in [5.41, 5.74) is -0.441. The third-order valence-corrected chi connectivity index (χ3v) is 5.36. The van der Waals surface area contributed by atoms with Crippen molar-refractivity contribution in [3.63, 3.8) is 0 Å². The minimum absolute atomic E-state index is 0. The number of rotatable bonds is 4. The van der Waals surface area contributed by atoms with E-state index < -0.39 is 33.0 Å². The number of aliphatic imine (C=N–C) groups is 1. The van der Waals surface area contributed by atoms with Gasteiger partial charge in [-0.2, -0.15) is 0 Å². The molecule has 2 N–H and O–H groups in total. The number of ether oxygens (including phenoxy) is 1. The summed E-state index contributed by atoms with van der Waals surface area (Å²) >= 11 is 0. The SMILES string of the molecule is C.CO[C@@H](C)CN=C1Nc2c(-c3cc(F)cc(F)c3F)cccc2S(=O)(=O)N1. The van der Waals surface area contributed by atoms with Crippen LogP contribution < -0.4 is 10.0 Å². The molecule has 0 bridgehead atoms. The van der Waals surface area contributed by atoms with E-state index in [-0.39, 0.29) is 42.2 Å². The molecular formula is C18H20F3N3O3S. The number of benzene rings is 2. The Bertz CT molecular complexity index is 1030. The first-order chi connectivity index (χ1) is 12.7. The summed E-state index contributed by atoms with van der Waals surface area (Å²) in [6, 6.07) is 5.22. The van der Waals surface area contributed by atoms with Gasteiger partial charge in [0.15, 0.2) is 11.6 Å². The summed E-state index contributed by atoms with van der Waals surface area (Å²) in [7, 11) is -2.52. The number of para-hydroxylation sites is 1. The maximum absolute atomic E-state index is 14.2. The fraction of sp³-hybridized carbons (Fsp3) is 0.278. The lowest BCUT2D eigenvalue weighted by molar-refractivity contribution is 0.125. The molecule has 0 amide bonds. The molecule has 1 aliphatic heterocycles. The van der Waals surface area contributed by atoms with Gasteiger partial charge in [-0.3, -0.25) is 0 Å². The summed E-state index contributed by atoms with van der Waals surface area (Å²) in [6.45, 7) is 1.90. The third kappa shape index (κ3) is 4.12. The molecule has 152 valence electrons. The van der Waals surface area contributed by atoms with Gasteiger partial charge in [-0.05, 0) is 19.1 Å². The van der Waals surface area contributed by atoms with Crippen molar-refractivity contribution in [1.82, 2.24) is 4.72 Å². The molecule has 3 rings (SSSR count). The predicted octanol–water partition coefficient (Wildman–Crippen LogP) is 3.50. The van der Waals surface area contributed by atoms with E-state index in [0.717, 1.165) is 6.07 Å². The second-order valence-corrected chi connectivity index (χ2v) is 7.54. The molecule has 0 radical (unpaired) electrons. The van der Waals surface area contributed by atoms with Crippen LogP contribution in [0.2, 0.25) is 0 Å². The molecule has 0 fully saturated rings. The first-order valence-electron chi connectivity index (χ1n) is 7.88. The van der Waals surface area contributed by atoms with Crippen molar-refractivity contribution in [2.24, 2.45) is 4.99 Å².